The Kier molecular flexibility index (Phi) is 4.78. The minimum atomic E-state index is -0.255. The summed E-state index contributed by atoms with van der Waals surface area (Å²) < 4.78 is 6.85. The highest BCUT2D eigenvalue weighted by atomic mass is 16.3. The van der Waals surface area contributed by atoms with E-state index in [0.29, 0.717) is 36.2 Å². The number of nitrogens with one attached hydrogen (secondary N) is 1. The first-order chi connectivity index (χ1) is 14.7. The number of rotatable bonds is 5. The number of anilines is 1. The summed E-state index contributed by atoms with van der Waals surface area (Å²) in [6, 6.07) is 9.57. The number of amides is 2. The topological polar surface area (TPSA) is 106 Å². The van der Waals surface area contributed by atoms with Crippen molar-refractivity contribution < 1.29 is 14.0 Å². The number of carbonyl (C=O) groups excluding carboxylic acids is 2. The predicted octanol–water partition coefficient (Wildman–Crippen LogP) is 2.76. The van der Waals surface area contributed by atoms with E-state index in [4.69, 9.17) is 4.42 Å². The van der Waals surface area contributed by atoms with Crippen molar-refractivity contribution in [1.82, 2.24) is 25.1 Å². The minimum absolute atomic E-state index is 0.0846. The van der Waals surface area contributed by atoms with Gasteiger partial charge in [-0.2, -0.15) is 0 Å². The Morgan fingerprint density at radius 2 is 2.07 bits per heavy atom. The van der Waals surface area contributed by atoms with Crippen molar-refractivity contribution in [2.24, 2.45) is 5.92 Å². The first kappa shape index (κ1) is 18.5. The van der Waals surface area contributed by atoms with Crippen LogP contribution in [-0.4, -0.2) is 50.0 Å². The second-order valence-electron chi connectivity index (χ2n) is 7.85. The average molecular weight is 406 g/mol. The van der Waals surface area contributed by atoms with Crippen molar-refractivity contribution >= 4 is 17.5 Å². The average Bonchev–Trinajstić information content (AvgIpc) is 3.26. The van der Waals surface area contributed by atoms with Gasteiger partial charge >= 0.3 is 0 Å². The van der Waals surface area contributed by atoms with Crippen LogP contribution in [0.2, 0.25) is 0 Å². The molecular formula is C21H22N6O3. The van der Waals surface area contributed by atoms with Crippen LogP contribution in [0.25, 0.3) is 11.4 Å². The Labute approximate surface area is 173 Å². The maximum Gasteiger partial charge on any atom is 0.257 e. The van der Waals surface area contributed by atoms with E-state index in [-0.39, 0.29) is 17.7 Å². The number of hydrogen-bond acceptors (Lipinski definition) is 6. The zero-order valence-electron chi connectivity index (χ0n) is 16.4. The Morgan fingerprint density at radius 3 is 2.87 bits per heavy atom. The number of piperidine rings is 1. The Balaban J connectivity index is 1.27. The number of carbonyl (C=O) groups is 2. The van der Waals surface area contributed by atoms with E-state index >= 15 is 0 Å². The third-order valence-electron chi connectivity index (χ3n) is 5.62. The molecule has 0 unspecified atom stereocenters. The molecule has 2 aliphatic rings. The van der Waals surface area contributed by atoms with Crippen LogP contribution in [0.15, 0.2) is 47.3 Å². The van der Waals surface area contributed by atoms with Crippen LogP contribution >= 0.6 is 0 Å². The van der Waals surface area contributed by atoms with E-state index < -0.39 is 0 Å². The molecule has 30 heavy (non-hydrogen) atoms. The summed E-state index contributed by atoms with van der Waals surface area (Å²) in [6.07, 6.45) is 6.63. The van der Waals surface area contributed by atoms with Crippen molar-refractivity contribution in [2.45, 2.75) is 31.7 Å². The molecule has 1 atom stereocenters. The van der Waals surface area contributed by atoms with E-state index in [9.17, 15) is 9.59 Å². The van der Waals surface area contributed by atoms with Gasteiger partial charge in [-0.1, -0.05) is 12.1 Å². The molecule has 2 amide bonds. The number of hydrogen-bond donors (Lipinski definition) is 1. The first-order valence-corrected chi connectivity index (χ1v) is 10.2. The summed E-state index contributed by atoms with van der Waals surface area (Å²) in [4.78, 5) is 27.2. The lowest BCUT2D eigenvalue weighted by molar-refractivity contribution is -0.121. The van der Waals surface area contributed by atoms with E-state index in [2.05, 4.69) is 20.8 Å². The molecule has 1 N–H and O–H groups in total. The summed E-state index contributed by atoms with van der Waals surface area (Å²) in [5, 5.41) is 15.0. The molecule has 0 radical (unpaired) electrons. The van der Waals surface area contributed by atoms with E-state index in [1.165, 1.54) is 12.5 Å². The number of furan rings is 1. The van der Waals surface area contributed by atoms with Gasteiger partial charge in [-0.05, 0) is 54.3 Å². The fourth-order valence-corrected chi connectivity index (χ4v) is 3.87. The van der Waals surface area contributed by atoms with Gasteiger partial charge in [0.15, 0.2) is 5.82 Å². The Morgan fingerprint density at radius 1 is 1.17 bits per heavy atom. The fraction of sp³-hybridized carbons (Fsp3) is 0.381. The molecule has 2 aromatic heterocycles. The van der Waals surface area contributed by atoms with Crippen molar-refractivity contribution in [2.75, 3.05) is 18.4 Å². The minimum Gasteiger partial charge on any atom is -0.472 e. The third-order valence-corrected chi connectivity index (χ3v) is 5.62. The van der Waals surface area contributed by atoms with Crippen LogP contribution < -0.4 is 5.32 Å². The predicted molar refractivity (Wildman–Crippen MR) is 107 cm³/mol. The van der Waals surface area contributed by atoms with Crippen molar-refractivity contribution in [3.63, 3.8) is 0 Å². The van der Waals surface area contributed by atoms with Gasteiger partial charge in [0.1, 0.15) is 6.26 Å². The molecule has 1 aliphatic heterocycles. The number of nitrogens with zero attached hydrogens (tertiary/aromatic N) is 5. The number of benzene rings is 1. The zero-order chi connectivity index (χ0) is 20.5. The van der Waals surface area contributed by atoms with Gasteiger partial charge in [0.05, 0.1) is 23.8 Å². The molecule has 3 heterocycles. The Hall–Kier alpha value is -3.49. The summed E-state index contributed by atoms with van der Waals surface area (Å²) in [5.74, 6) is 0.270. The smallest absolute Gasteiger partial charge is 0.257 e. The van der Waals surface area contributed by atoms with Crippen molar-refractivity contribution in [1.29, 1.82) is 0 Å². The highest BCUT2D eigenvalue weighted by molar-refractivity contribution is 5.96. The van der Waals surface area contributed by atoms with Crippen LogP contribution in [0, 0.1) is 5.92 Å². The molecule has 1 aliphatic carbocycles. The van der Waals surface area contributed by atoms with Crippen molar-refractivity contribution in [3.05, 3.63) is 48.4 Å². The molecule has 9 heteroatoms. The Bertz CT molecular complexity index is 1060. The first-order valence-electron chi connectivity index (χ1n) is 10.2. The van der Waals surface area contributed by atoms with Crippen LogP contribution in [0.5, 0.6) is 0 Å². The van der Waals surface area contributed by atoms with E-state index in [1.54, 1.807) is 11.0 Å². The molecule has 3 aromatic rings. The van der Waals surface area contributed by atoms with Gasteiger partial charge < -0.3 is 14.6 Å². The number of likely N-dealkylation sites (tertiary alicyclic amines) is 1. The van der Waals surface area contributed by atoms with Gasteiger partial charge in [0.2, 0.25) is 5.91 Å². The largest absolute Gasteiger partial charge is 0.472 e. The molecule has 9 nitrogen and oxygen atoms in total. The van der Waals surface area contributed by atoms with Gasteiger partial charge in [-0.3, -0.25) is 9.59 Å². The van der Waals surface area contributed by atoms with Crippen LogP contribution in [0.3, 0.4) is 0 Å². The molecule has 5 rings (SSSR count). The second-order valence-corrected chi connectivity index (χ2v) is 7.85. The van der Waals surface area contributed by atoms with E-state index in [1.807, 2.05) is 28.9 Å². The summed E-state index contributed by atoms with van der Waals surface area (Å²) >= 11 is 0. The van der Waals surface area contributed by atoms with Crippen LogP contribution in [0.4, 0.5) is 5.69 Å². The van der Waals surface area contributed by atoms with Gasteiger partial charge in [0.25, 0.3) is 5.91 Å². The third kappa shape index (κ3) is 3.70. The number of aromatic nitrogens is 4. The van der Waals surface area contributed by atoms with Gasteiger partial charge in [-0.25, -0.2) is 4.68 Å². The molecule has 2 fully saturated rings. The maximum absolute atomic E-state index is 12.9. The van der Waals surface area contributed by atoms with Crippen LogP contribution in [0.1, 0.15) is 42.1 Å². The van der Waals surface area contributed by atoms with Gasteiger partial charge in [0, 0.05) is 24.3 Å². The molecule has 1 saturated heterocycles. The quantitative estimate of drug-likeness (QED) is 0.698. The lowest BCUT2D eigenvalue weighted by Crippen LogP contribution is -2.43. The fourth-order valence-electron chi connectivity index (χ4n) is 3.87. The van der Waals surface area contributed by atoms with Crippen molar-refractivity contribution in [3.8, 4) is 11.4 Å². The molecular weight excluding hydrogens is 384 g/mol. The summed E-state index contributed by atoms with van der Waals surface area (Å²) in [7, 11) is 0. The monoisotopic (exact) mass is 406 g/mol. The maximum atomic E-state index is 12.9. The molecule has 1 saturated carbocycles. The lowest BCUT2D eigenvalue weighted by atomic mass is 9.96. The lowest BCUT2D eigenvalue weighted by Gasteiger charge is -2.31. The normalized spacial score (nSPS) is 18.9. The molecule has 0 spiro atoms. The summed E-state index contributed by atoms with van der Waals surface area (Å²) in [6.45, 7) is 1.04. The standard InChI is InChI=1S/C21H22N6O3/c28-20(15-4-2-9-26(12-15)21(29)16-8-10-30-13-16)22-17-5-1-3-14(11-17)19-23-24-25-27(19)18-6-7-18/h1,3,5,8,10-11,13,15,18H,2,4,6-7,9,12H2,(H,22,28)/t15-/m0/s1. The molecule has 154 valence electrons. The zero-order valence-corrected chi connectivity index (χ0v) is 16.4. The molecule has 1 aromatic carbocycles. The highest BCUT2D eigenvalue weighted by Gasteiger charge is 2.30. The van der Waals surface area contributed by atoms with Crippen LogP contribution in [-0.2, 0) is 4.79 Å². The number of tetrazole rings is 1. The highest BCUT2D eigenvalue weighted by Crippen LogP contribution is 2.36. The second kappa shape index (κ2) is 7.74. The van der Waals surface area contributed by atoms with E-state index in [0.717, 1.165) is 31.2 Å². The SMILES string of the molecule is O=C(Nc1cccc(-c2nnnn2C2CC2)c1)[C@H]1CCCN(C(=O)c2ccoc2)C1. The van der Waals surface area contributed by atoms with Gasteiger partial charge in [-0.15, -0.1) is 5.10 Å². The summed E-state index contributed by atoms with van der Waals surface area (Å²) in [5.41, 5.74) is 2.07. The molecule has 0 bridgehead atoms.